The van der Waals surface area contributed by atoms with Gasteiger partial charge in [-0.3, -0.25) is 24.2 Å². The van der Waals surface area contributed by atoms with Gasteiger partial charge in [-0.05, 0) is 44.9 Å². The number of hydrogen-bond donors (Lipinski definition) is 6. The minimum Gasteiger partial charge on any atom is -0.480 e. The second-order valence-corrected chi connectivity index (χ2v) is 8.50. The molecule has 32 heavy (non-hydrogen) atoms. The SMILES string of the molecule is CC(C)CC(N)C(=O)N1CCCC1C(=O)NC(CCCN=C(N)N)C(=O)NC(C)C(=O)O. The summed E-state index contributed by atoms with van der Waals surface area (Å²) in [5.41, 5.74) is 16.6. The maximum Gasteiger partial charge on any atom is 0.325 e. The van der Waals surface area contributed by atoms with E-state index in [4.69, 9.17) is 22.3 Å². The van der Waals surface area contributed by atoms with Crippen LogP contribution in [-0.4, -0.2) is 76.9 Å². The van der Waals surface area contributed by atoms with Crippen LogP contribution in [0.3, 0.4) is 0 Å². The Balaban J connectivity index is 2.87. The van der Waals surface area contributed by atoms with Crippen LogP contribution >= 0.6 is 0 Å². The highest BCUT2D eigenvalue weighted by atomic mass is 16.4. The Morgan fingerprint density at radius 1 is 1.16 bits per heavy atom. The van der Waals surface area contributed by atoms with Crippen molar-refractivity contribution in [1.82, 2.24) is 15.5 Å². The summed E-state index contributed by atoms with van der Waals surface area (Å²) in [4.78, 5) is 54.7. The molecule has 12 heteroatoms. The Hall–Kier alpha value is -2.89. The van der Waals surface area contributed by atoms with Crippen LogP contribution in [-0.2, 0) is 19.2 Å². The number of carbonyl (C=O) groups is 4. The van der Waals surface area contributed by atoms with Gasteiger partial charge in [-0.2, -0.15) is 0 Å². The van der Waals surface area contributed by atoms with E-state index in [-0.39, 0.29) is 30.8 Å². The van der Waals surface area contributed by atoms with Gasteiger partial charge in [0.2, 0.25) is 17.7 Å². The second-order valence-electron chi connectivity index (χ2n) is 8.50. The summed E-state index contributed by atoms with van der Waals surface area (Å²) >= 11 is 0. The molecule has 1 heterocycles. The molecule has 12 nitrogen and oxygen atoms in total. The quantitative estimate of drug-likeness (QED) is 0.115. The predicted molar refractivity (Wildman–Crippen MR) is 119 cm³/mol. The summed E-state index contributed by atoms with van der Waals surface area (Å²) in [6, 6.07) is -3.55. The number of carboxylic acid groups (broad SMARTS) is 1. The lowest BCUT2D eigenvalue weighted by molar-refractivity contribution is -0.142. The van der Waals surface area contributed by atoms with Gasteiger partial charge >= 0.3 is 5.97 Å². The molecule has 182 valence electrons. The van der Waals surface area contributed by atoms with Gasteiger partial charge in [-0.1, -0.05) is 13.8 Å². The van der Waals surface area contributed by atoms with Gasteiger partial charge in [-0.25, -0.2) is 0 Å². The van der Waals surface area contributed by atoms with E-state index in [1.54, 1.807) is 0 Å². The van der Waals surface area contributed by atoms with E-state index in [2.05, 4.69) is 15.6 Å². The molecule has 0 aromatic rings. The fourth-order valence-electron chi connectivity index (χ4n) is 3.54. The lowest BCUT2D eigenvalue weighted by atomic mass is 10.0. The normalized spacial score (nSPS) is 18.5. The summed E-state index contributed by atoms with van der Waals surface area (Å²) in [5.74, 6) is -2.45. The first kappa shape index (κ1) is 27.1. The average Bonchev–Trinajstić information content (AvgIpc) is 3.18. The zero-order valence-electron chi connectivity index (χ0n) is 19.0. The number of aliphatic imine (C=N–C) groups is 1. The molecule has 1 aliphatic heterocycles. The lowest BCUT2D eigenvalue weighted by Gasteiger charge is -2.29. The highest BCUT2D eigenvalue weighted by Crippen LogP contribution is 2.20. The van der Waals surface area contributed by atoms with Gasteiger partial charge in [0.1, 0.15) is 18.1 Å². The van der Waals surface area contributed by atoms with Crippen LogP contribution in [0.15, 0.2) is 4.99 Å². The molecule has 0 aromatic carbocycles. The summed E-state index contributed by atoms with van der Waals surface area (Å²) in [6.07, 6.45) is 2.18. The van der Waals surface area contributed by atoms with Crippen LogP contribution in [0.2, 0.25) is 0 Å². The van der Waals surface area contributed by atoms with E-state index in [9.17, 15) is 19.2 Å². The zero-order valence-corrected chi connectivity index (χ0v) is 19.0. The molecule has 4 atom stereocenters. The average molecular weight is 456 g/mol. The summed E-state index contributed by atoms with van der Waals surface area (Å²) < 4.78 is 0. The highest BCUT2D eigenvalue weighted by Gasteiger charge is 2.37. The van der Waals surface area contributed by atoms with Crippen molar-refractivity contribution in [2.24, 2.45) is 28.1 Å². The standard InChI is InChI=1S/C20H37N7O5/c1-11(2)10-13(21)18(30)27-9-5-7-15(27)17(29)26-14(6-4-8-24-20(22)23)16(28)25-12(3)19(31)32/h11-15H,4-10,21H2,1-3H3,(H,25,28)(H,26,29)(H,31,32)(H4,22,23,24). The molecule has 0 radical (unpaired) electrons. The maximum absolute atomic E-state index is 13.0. The van der Waals surface area contributed by atoms with Crippen LogP contribution in [0.5, 0.6) is 0 Å². The van der Waals surface area contributed by atoms with Gasteiger partial charge < -0.3 is 37.8 Å². The van der Waals surface area contributed by atoms with Gasteiger partial charge in [0, 0.05) is 13.1 Å². The molecule has 0 bridgehead atoms. The van der Waals surface area contributed by atoms with Crippen LogP contribution < -0.4 is 27.8 Å². The molecule has 0 spiro atoms. The number of nitrogens with two attached hydrogens (primary N) is 3. The third-order valence-corrected chi connectivity index (χ3v) is 5.19. The summed E-state index contributed by atoms with van der Waals surface area (Å²) in [6.45, 7) is 5.91. The van der Waals surface area contributed by atoms with E-state index in [0.717, 1.165) is 0 Å². The van der Waals surface area contributed by atoms with E-state index in [1.165, 1.54) is 11.8 Å². The van der Waals surface area contributed by atoms with Crippen LogP contribution in [0.1, 0.15) is 52.9 Å². The van der Waals surface area contributed by atoms with Crippen molar-refractivity contribution in [3.05, 3.63) is 0 Å². The first-order chi connectivity index (χ1) is 14.9. The second kappa shape index (κ2) is 12.8. The van der Waals surface area contributed by atoms with E-state index >= 15 is 0 Å². The van der Waals surface area contributed by atoms with Crippen molar-refractivity contribution >= 4 is 29.7 Å². The predicted octanol–water partition coefficient (Wildman–Crippen LogP) is -1.52. The molecule has 0 aliphatic carbocycles. The third-order valence-electron chi connectivity index (χ3n) is 5.19. The molecule has 0 aromatic heterocycles. The molecule has 3 amide bonds. The van der Waals surface area contributed by atoms with Crippen molar-refractivity contribution in [3.63, 3.8) is 0 Å². The number of rotatable bonds is 12. The zero-order chi connectivity index (χ0) is 24.4. The molecule has 1 aliphatic rings. The van der Waals surface area contributed by atoms with Crippen LogP contribution in [0.25, 0.3) is 0 Å². The Morgan fingerprint density at radius 3 is 2.38 bits per heavy atom. The molecule has 9 N–H and O–H groups in total. The first-order valence-corrected chi connectivity index (χ1v) is 10.9. The number of carboxylic acids is 1. The smallest absolute Gasteiger partial charge is 0.325 e. The Kier molecular flexibility index (Phi) is 10.9. The number of hydrogen-bond acceptors (Lipinski definition) is 6. The number of guanidine groups is 1. The maximum atomic E-state index is 13.0. The number of carbonyl (C=O) groups excluding carboxylic acids is 3. The van der Waals surface area contributed by atoms with Gasteiger partial charge in [0.25, 0.3) is 0 Å². The molecule has 0 saturated carbocycles. The monoisotopic (exact) mass is 455 g/mol. The number of nitrogens with one attached hydrogen (secondary N) is 2. The lowest BCUT2D eigenvalue weighted by Crippen LogP contribution is -2.56. The number of aliphatic carboxylic acids is 1. The third kappa shape index (κ3) is 8.69. The van der Waals surface area contributed by atoms with Crippen molar-refractivity contribution in [1.29, 1.82) is 0 Å². The summed E-state index contributed by atoms with van der Waals surface area (Å²) in [7, 11) is 0. The number of likely N-dealkylation sites (tertiary alicyclic amines) is 1. The van der Waals surface area contributed by atoms with Crippen molar-refractivity contribution < 1.29 is 24.3 Å². The molecule has 1 rings (SSSR count). The number of amides is 3. The van der Waals surface area contributed by atoms with Gasteiger partial charge in [0.05, 0.1) is 6.04 Å². The molecular weight excluding hydrogens is 418 g/mol. The topological polar surface area (TPSA) is 206 Å². The number of nitrogens with zero attached hydrogens (tertiary/aromatic N) is 2. The van der Waals surface area contributed by atoms with E-state index in [1.807, 2.05) is 13.8 Å². The highest BCUT2D eigenvalue weighted by molar-refractivity contribution is 5.94. The molecular formula is C20H37N7O5. The fourth-order valence-corrected chi connectivity index (χ4v) is 3.54. The van der Waals surface area contributed by atoms with Crippen molar-refractivity contribution in [2.75, 3.05) is 13.1 Å². The Morgan fingerprint density at radius 2 is 1.81 bits per heavy atom. The largest absolute Gasteiger partial charge is 0.480 e. The molecule has 1 fully saturated rings. The Labute approximate surface area is 188 Å². The van der Waals surface area contributed by atoms with E-state index < -0.39 is 42.0 Å². The fraction of sp³-hybridized carbons (Fsp3) is 0.750. The van der Waals surface area contributed by atoms with Crippen LogP contribution in [0.4, 0.5) is 0 Å². The first-order valence-electron chi connectivity index (χ1n) is 10.9. The van der Waals surface area contributed by atoms with Gasteiger partial charge in [-0.15, -0.1) is 0 Å². The van der Waals surface area contributed by atoms with Crippen molar-refractivity contribution in [2.45, 2.75) is 77.0 Å². The van der Waals surface area contributed by atoms with E-state index in [0.29, 0.717) is 32.2 Å². The minimum absolute atomic E-state index is 0.0904. The van der Waals surface area contributed by atoms with Gasteiger partial charge in [0.15, 0.2) is 5.96 Å². The van der Waals surface area contributed by atoms with Crippen LogP contribution in [0, 0.1) is 5.92 Å². The van der Waals surface area contributed by atoms with Crippen molar-refractivity contribution in [3.8, 4) is 0 Å². The molecule has 1 saturated heterocycles. The summed E-state index contributed by atoms with van der Waals surface area (Å²) in [5, 5.41) is 14.1. The minimum atomic E-state index is -1.20. The molecule has 4 unspecified atom stereocenters. The Bertz CT molecular complexity index is 708.